The molecule has 0 radical (unpaired) electrons. The summed E-state index contributed by atoms with van der Waals surface area (Å²) in [4.78, 5) is 12.4. The van der Waals surface area contributed by atoms with Crippen LogP contribution in [0.2, 0.25) is 0 Å². The highest BCUT2D eigenvalue weighted by Gasteiger charge is 2.21. The molecule has 41 heavy (non-hydrogen) atoms. The van der Waals surface area contributed by atoms with E-state index < -0.39 is 0 Å². The Kier molecular flexibility index (Phi) is 10.1. The van der Waals surface area contributed by atoms with Crippen LogP contribution in [0.15, 0.2) is 30.5 Å². The quantitative estimate of drug-likeness (QED) is 0.464. The molecule has 218 valence electrons. The zero-order chi connectivity index (χ0) is 29.7. The van der Waals surface area contributed by atoms with Crippen molar-refractivity contribution in [3.05, 3.63) is 63.5 Å². The molecule has 6 nitrogen and oxygen atoms in total. The van der Waals surface area contributed by atoms with Gasteiger partial charge in [0.15, 0.2) is 0 Å². The van der Waals surface area contributed by atoms with Gasteiger partial charge in [-0.2, -0.15) is 0 Å². The number of nitrogens with zero attached hydrogens (tertiary/aromatic N) is 4. The lowest BCUT2D eigenvalue weighted by atomic mass is 9.83. The molecule has 1 aromatic carbocycles. The van der Waals surface area contributed by atoms with E-state index >= 15 is 0 Å². The summed E-state index contributed by atoms with van der Waals surface area (Å²) in [6.45, 7) is 19.2. The maximum Gasteiger partial charge on any atom is 0.141 e. The van der Waals surface area contributed by atoms with Crippen LogP contribution < -0.4 is 31.3 Å². The summed E-state index contributed by atoms with van der Waals surface area (Å²) in [7, 11) is 2.17. The van der Waals surface area contributed by atoms with Gasteiger partial charge in [0, 0.05) is 18.8 Å². The van der Waals surface area contributed by atoms with E-state index in [0.717, 1.165) is 78.8 Å². The Morgan fingerprint density at radius 3 is 2.71 bits per heavy atom. The minimum Gasteiger partial charge on any atom is -0.493 e. The summed E-state index contributed by atoms with van der Waals surface area (Å²) in [6, 6.07) is 8.85. The molecule has 0 fully saturated rings. The minimum atomic E-state index is 0.202. The van der Waals surface area contributed by atoms with Crippen LogP contribution in [0.4, 0.5) is 5.82 Å². The maximum atomic E-state index is 9.65. The van der Waals surface area contributed by atoms with Gasteiger partial charge in [0.1, 0.15) is 30.4 Å². The molecule has 1 aliphatic heterocycles. The standard InChI is InChI=1S/C34H48BN5O/c1-8-18-39(24(6)9-2)34-27-17-16-23(5)31-28(35)14-12-15-30(31)41-19-11-10-13-26-20-29(32(22(3)4)37-21-26)40(33(27)36)25(7)38-34/h12,14-15,17,20-24,36H,7-11,13,16,18-19,35H2,1-6H3/b27-17+,36-33?. The largest absolute Gasteiger partial charge is 0.493 e. The minimum absolute atomic E-state index is 0.202. The Balaban J connectivity index is 2.04. The van der Waals surface area contributed by atoms with Gasteiger partial charge >= 0.3 is 0 Å². The smallest absolute Gasteiger partial charge is 0.141 e. The fourth-order valence-electron chi connectivity index (χ4n) is 5.95. The van der Waals surface area contributed by atoms with E-state index in [4.69, 9.17) is 14.7 Å². The van der Waals surface area contributed by atoms with Crippen molar-refractivity contribution in [2.24, 2.45) is 0 Å². The van der Waals surface area contributed by atoms with Crippen molar-refractivity contribution >= 4 is 31.8 Å². The number of aryl methyl sites for hydroxylation is 1. The summed E-state index contributed by atoms with van der Waals surface area (Å²) in [5.41, 5.74) is 6.54. The first-order valence-electron chi connectivity index (χ1n) is 15.5. The molecule has 3 heterocycles. The number of hydrogen-bond donors (Lipinski definition) is 1. The first-order chi connectivity index (χ1) is 19.7. The second-order valence-electron chi connectivity index (χ2n) is 11.9. The van der Waals surface area contributed by atoms with E-state index in [0.29, 0.717) is 23.6 Å². The zero-order valence-corrected chi connectivity index (χ0v) is 26.3. The summed E-state index contributed by atoms with van der Waals surface area (Å²) in [5, 5.41) is 10.5. The SMILES string of the molecule is Bc1cccc2c1C(C)C/C=c1/c(N(CCC)C(C)CC)nc(=C)n(c1=N)-c1cc(cnc1C(C)C)CCCCO2. The number of nitrogens with one attached hydrogen (secondary N) is 1. The molecule has 0 amide bonds. The highest BCUT2D eigenvalue weighted by atomic mass is 16.5. The van der Waals surface area contributed by atoms with Gasteiger partial charge in [0.2, 0.25) is 0 Å². The molecule has 2 aromatic heterocycles. The summed E-state index contributed by atoms with van der Waals surface area (Å²) < 4.78 is 8.30. The monoisotopic (exact) mass is 553 g/mol. The highest BCUT2D eigenvalue weighted by Crippen LogP contribution is 2.28. The third-order valence-electron chi connectivity index (χ3n) is 8.38. The Bertz CT molecular complexity index is 1530. The maximum absolute atomic E-state index is 9.65. The van der Waals surface area contributed by atoms with Gasteiger partial charge in [-0.3, -0.25) is 15.0 Å². The number of aromatic nitrogens is 3. The molecule has 0 saturated carbocycles. The number of anilines is 1. The summed E-state index contributed by atoms with van der Waals surface area (Å²) in [5.74, 6) is 2.26. The average Bonchev–Trinajstić information content (AvgIpc) is 2.94. The second-order valence-corrected chi connectivity index (χ2v) is 11.9. The van der Waals surface area contributed by atoms with E-state index in [1.165, 1.54) is 11.0 Å². The molecule has 1 aliphatic rings. The molecule has 2 atom stereocenters. The Morgan fingerprint density at radius 1 is 1.22 bits per heavy atom. The predicted octanol–water partition coefficient (Wildman–Crippen LogP) is 4.24. The van der Waals surface area contributed by atoms with Crippen LogP contribution in [-0.4, -0.2) is 41.6 Å². The molecule has 0 spiro atoms. The predicted molar refractivity (Wildman–Crippen MR) is 174 cm³/mol. The Morgan fingerprint density at radius 2 is 2.00 bits per heavy atom. The molecule has 1 N–H and O–H groups in total. The van der Waals surface area contributed by atoms with Gasteiger partial charge in [-0.15, -0.1) is 0 Å². The number of rotatable bonds is 6. The van der Waals surface area contributed by atoms with Gasteiger partial charge in [-0.25, -0.2) is 4.98 Å². The molecular formula is C34H48BN5O. The van der Waals surface area contributed by atoms with Crippen molar-refractivity contribution in [1.82, 2.24) is 14.5 Å². The van der Waals surface area contributed by atoms with Gasteiger partial charge in [-0.1, -0.05) is 64.9 Å². The van der Waals surface area contributed by atoms with E-state index in [2.05, 4.69) is 91.2 Å². The summed E-state index contributed by atoms with van der Waals surface area (Å²) in [6.07, 6.45) is 9.88. The Hall–Kier alpha value is -3.35. The van der Waals surface area contributed by atoms with Gasteiger partial charge in [0.25, 0.3) is 0 Å². The molecule has 3 aromatic rings. The molecule has 4 bridgehead atoms. The van der Waals surface area contributed by atoms with Crippen molar-refractivity contribution in [3.63, 3.8) is 0 Å². The average molecular weight is 554 g/mol. The van der Waals surface area contributed by atoms with E-state index in [1.54, 1.807) is 0 Å². The van der Waals surface area contributed by atoms with Gasteiger partial charge in [0.05, 0.1) is 23.2 Å². The number of benzene rings is 1. The molecule has 4 rings (SSSR count). The van der Waals surface area contributed by atoms with Crippen LogP contribution in [-0.2, 0) is 6.42 Å². The lowest BCUT2D eigenvalue weighted by molar-refractivity contribution is 0.303. The van der Waals surface area contributed by atoms with Crippen molar-refractivity contribution in [1.29, 1.82) is 5.41 Å². The lowest BCUT2D eigenvalue weighted by Crippen LogP contribution is -2.49. The highest BCUT2D eigenvalue weighted by molar-refractivity contribution is 6.33. The fraction of sp³-hybridized carbons (Fsp3) is 0.500. The molecular weight excluding hydrogens is 505 g/mol. The topological polar surface area (TPSA) is 67.0 Å². The first-order valence-corrected chi connectivity index (χ1v) is 15.5. The van der Waals surface area contributed by atoms with Crippen LogP contribution in [0, 0.1) is 5.41 Å². The molecule has 0 aliphatic carbocycles. The van der Waals surface area contributed by atoms with Crippen LogP contribution >= 0.6 is 0 Å². The fourth-order valence-corrected chi connectivity index (χ4v) is 5.95. The number of fused-ring (bicyclic) bond motifs is 6. The van der Waals surface area contributed by atoms with E-state index in [9.17, 15) is 5.41 Å². The van der Waals surface area contributed by atoms with Crippen molar-refractivity contribution in [2.45, 2.75) is 97.9 Å². The van der Waals surface area contributed by atoms with Crippen LogP contribution in [0.3, 0.4) is 0 Å². The zero-order valence-electron chi connectivity index (χ0n) is 26.3. The van der Waals surface area contributed by atoms with Crippen LogP contribution in [0.5, 0.6) is 5.75 Å². The normalized spacial score (nSPS) is 17.2. The number of hydrogen-bond acceptors (Lipinski definition) is 5. The molecule has 0 saturated heterocycles. The summed E-state index contributed by atoms with van der Waals surface area (Å²) >= 11 is 0. The first kappa shape index (κ1) is 30.6. The van der Waals surface area contributed by atoms with Crippen LogP contribution in [0.1, 0.15) is 102 Å². The van der Waals surface area contributed by atoms with Crippen molar-refractivity contribution in [3.8, 4) is 11.4 Å². The van der Waals surface area contributed by atoms with Crippen molar-refractivity contribution in [2.75, 3.05) is 18.1 Å². The van der Waals surface area contributed by atoms with E-state index in [-0.39, 0.29) is 11.8 Å². The number of ether oxygens (including phenoxy) is 1. The van der Waals surface area contributed by atoms with Crippen molar-refractivity contribution < 1.29 is 4.74 Å². The third-order valence-corrected chi connectivity index (χ3v) is 8.38. The van der Waals surface area contributed by atoms with E-state index in [1.807, 2.05) is 10.8 Å². The lowest BCUT2D eigenvalue weighted by Gasteiger charge is -2.30. The third kappa shape index (κ3) is 6.60. The number of pyridine rings is 1. The van der Waals surface area contributed by atoms with Gasteiger partial charge < -0.3 is 9.64 Å². The second kappa shape index (κ2) is 13.5. The Labute approximate surface area is 247 Å². The van der Waals surface area contributed by atoms with Gasteiger partial charge in [-0.05, 0) is 80.5 Å². The molecule has 7 heteroatoms. The molecule has 2 unspecified atom stereocenters. The van der Waals surface area contributed by atoms with Crippen LogP contribution in [0.25, 0.3) is 18.3 Å².